The van der Waals surface area contributed by atoms with Crippen molar-refractivity contribution in [1.29, 1.82) is 0 Å². The fraction of sp³-hybridized carbons (Fsp3) is 0.400. The zero-order valence-corrected chi connectivity index (χ0v) is 12.8. The van der Waals surface area contributed by atoms with Gasteiger partial charge in [-0.15, -0.1) is 0 Å². The van der Waals surface area contributed by atoms with Gasteiger partial charge < -0.3 is 15.2 Å². The lowest BCUT2D eigenvalue weighted by molar-refractivity contribution is -0.123. The number of carboxylic acids is 1. The van der Waals surface area contributed by atoms with Crippen molar-refractivity contribution >= 4 is 17.5 Å². The SMILES string of the molecule is Cc1nc2c(OCC(=O)NCC(C)C)cccn2c1C(=O)O. The predicted molar refractivity (Wildman–Crippen MR) is 80.2 cm³/mol. The number of aromatic nitrogens is 2. The molecule has 2 heterocycles. The van der Waals surface area contributed by atoms with Gasteiger partial charge in [0.15, 0.2) is 23.7 Å². The molecular weight excluding hydrogens is 286 g/mol. The summed E-state index contributed by atoms with van der Waals surface area (Å²) in [5.74, 6) is -0.549. The molecule has 0 bridgehead atoms. The molecule has 0 aliphatic heterocycles. The molecule has 0 atom stereocenters. The molecule has 2 aromatic rings. The fourth-order valence-corrected chi connectivity index (χ4v) is 2.04. The Morgan fingerprint density at radius 1 is 1.45 bits per heavy atom. The molecule has 118 valence electrons. The summed E-state index contributed by atoms with van der Waals surface area (Å²) in [6.45, 7) is 6.07. The Bertz CT molecular complexity index is 706. The number of rotatable bonds is 6. The van der Waals surface area contributed by atoms with Crippen molar-refractivity contribution in [1.82, 2.24) is 14.7 Å². The molecule has 0 saturated carbocycles. The highest BCUT2D eigenvalue weighted by atomic mass is 16.5. The first-order valence-corrected chi connectivity index (χ1v) is 7.00. The molecule has 0 unspecified atom stereocenters. The Labute approximate surface area is 127 Å². The monoisotopic (exact) mass is 305 g/mol. The number of ether oxygens (including phenoxy) is 1. The van der Waals surface area contributed by atoms with Crippen LogP contribution in [0.15, 0.2) is 18.3 Å². The van der Waals surface area contributed by atoms with Gasteiger partial charge in [0, 0.05) is 12.7 Å². The van der Waals surface area contributed by atoms with E-state index < -0.39 is 5.97 Å². The van der Waals surface area contributed by atoms with E-state index in [0.717, 1.165) is 0 Å². The van der Waals surface area contributed by atoms with Crippen molar-refractivity contribution in [2.75, 3.05) is 13.2 Å². The zero-order valence-electron chi connectivity index (χ0n) is 12.8. The van der Waals surface area contributed by atoms with E-state index in [0.29, 0.717) is 29.6 Å². The molecule has 22 heavy (non-hydrogen) atoms. The van der Waals surface area contributed by atoms with E-state index in [1.54, 1.807) is 25.3 Å². The summed E-state index contributed by atoms with van der Waals surface area (Å²) in [6, 6.07) is 3.31. The number of aryl methyl sites for hydroxylation is 1. The molecule has 0 aliphatic rings. The number of nitrogens with one attached hydrogen (secondary N) is 1. The molecule has 2 rings (SSSR count). The van der Waals surface area contributed by atoms with Crippen LogP contribution in [0.2, 0.25) is 0 Å². The van der Waals surface area contributed by atoms with Crippen molar-refractivity contribution in [2.24, 2.45) is 5.92 Å². The second kappa shape index (κ2) is 6.46. The van der Waals surface area contributed by atoms with Crippen LogP contribution in [0.3, 0.4) is 0 Å². The Morgan fingerprint density at radius 2 is 2.18 bits per heavy atom. The normalized spacial score (nSPS) is 10.9. The number of fused-ring (bicyclic) bond motifs is 1. The molecular formula is C15H19N3O4. The van der Waals surface area contributed by atoms with Gasteiger partial charge in [-0.3, -0.25) is 9.20 Å². The second-order valence-electron chi connectivity index (χ2n) is 5.40. The molecule has 7 heteroatoms. The molecule has 0 fully saturated rings. The van der Waals surface area contributed by atoms with E-state index in [1.807, 2.05) is 13.8 Å². The molecule has 7 nitrogen and oxygen atoms in total. The minimum absolute atomic E-state index is 0.0877. The highest BCUT2D eigenvalue weighted by molar-refractivity contribution is 5.88. The van der Waals surface area contributed by atoms with Gasteiger partial charge in [0.1, 0.15) is 0 Å². The Hall–Kier alpha value is -2.57. The molecule has 0 spiro atoms. The minimum Gasteiger partial charge on any atom is -0.480 e. The van der Waals surface area contributed by atoms with Crippen LogP contribution in [0.25, 0.3) is 5.65 Å². The molecule has 0 aromatic carbocycles. The quantitative estimate of drug-likeness (QED) is 0.843. The summed E-state index contributed by atoms with van der Waals surface area (Å²) in [6.07, 6.45) is 1.60. The minimum atomic E-state index is -1.06. The summed E-state index contributed by atoms with van der Waals surface area (Å²) in [5, 5.41) is 12.0. The number of carbonyl (C=O) groups excluding carboxylic acids is 1. The number of nitrogens with zero attached hydrogens (tertiary/aromatic N) is 2. The first-order valence-electron chi connectivity index (χ1n) is 7.00. The maximum absolute atomic E-state index is 11.7. The van der Waals surface area contributed by atoms with E-state index in [9.17, 15) is 14.7 Å². The molecule has 2 aromatic heterocycles. The van der Waals surface area contributed by atoms with E-state index in [2.05, 4.69) is 10.3 Å². The fourth-order valence-electron chi connectivity index (χ4n) is 2.04. The number of hydrogen-bond donors (Lipinski definition) is 2. The molecule has 2 N–H and O–H groups in total. The predicted octanol–water partition coefficient (Wildman–Crippen LogP) is 1.49. The smallest absolute Gasteiger partial charge is 0.354 e. The van der Waals surface area contributed by atoms with Crippen LogP contribution in [0, 0.1) is 12.8 Å². The van der Waals surface area contributed by atoms with Gasteiger partial charge >= 0.3 is 5.97 Å². The van der Waals surface area contributed by atoms with Crippen LogP contribution in [0.1, 0.15) is 30.0 Å². The van der Waals surface area contributed by atoms with Crippen molar-refractivity contribution < 1.29 is 19.4 Å². The van der Waals surface area contributed by atoms with Crippen LogP contribution in [-0.4, -0.2) is 39.5 Å². The second-order valence-corrected chi connectivity index (χ2v) is 5.40. The van der Waals surface area contributed by atoms with Crippen LogP contribution in [0.5, 0.6) is 5.75 Å². The Balaban J connectivity index is 2.17. The molecule has 0 saturated heterocycles. The summed E-state index contributed by atoms with van der Waals surface area (Å²) >= 11 is 0. The van der Waals surface area contributed by atoms with E-state index in [4.69, 9.17) is 4.74 Å². The lowest BCUT2D eigenvalue weighted by Crippen LogP contribution is -2.31. The van der Waals surface area contributed by atoms with Crippen LogP contribution >= 0.6 is 0 Å². The van der Waals surface area contributed by atoms with Gasteiger partial charge in [-0.1, -0.05) is 13.8 Å². The summed E-state index contributed by atoms with van der Waals surface area (Å²) < 4.78 is 6.92. The number of pyridine rings is 1. The average molecular weight is 305 g/mol. The van der Waals surface area contributed by atoms with Gasteiger partial charge in [-0.05, 0) is 25.0 Å². The maximum atomic E-state index is 11.7. The lowest BCUT2D eigenvalue weighted by atomic mass is 10.2. The average Bonchev–Trinajstić information content (AvgIpc) is 2.79. The number of amides is 1. The highest BCUT2D eigenvalue weighted by Crippen LogP contribution is 2.21. The van der Waals surface area contributed by atoms with Crippen molar-refractivity contribution in [3.05, 3.63) is 29.7 Å². The van der Waals surface area contributed by atoms with Crippen molar-refractivity contribution in [3.8, 4) is 5.75 Å². The van der Waals surface area contributed by atoms with E-state index in [-0.39, 0.29) is 18.2 Å². The largest absolute Gasteiger partial charge is 0.480 e. The number of aromatic carboxylic acids is 1. The third-order valence-electron chi connectivity index (χ3n) is 3.06. The van der Waals surface area contributed by atoms with Gasteiger partial charge in [0.05, 0.1) is 5.69 Å². The van der Waals surface area contributed by atoms with E-state index in [1.165, 1.54) is 4.40 Å². The molecule has 0 aliphatic carbocycles. The Kier molecular flexibility index (Phi) is 4.65. The molecule has 1 amide bonds. The molecule has 0 radical (unpaired) electrons. The Morgan fingerprint density at radius 3 is 2.82 bits per heavy atom. The summed E-state index contributed by atoms with van der Waals surface area (Å²) in [7, 11) is 0. The maximum Gasteiger partial charge on any atom is 0.354 e. The first-order chi connectivity index (χ1) is 10.4. The first kappa shape index (κ1) is 15.8. The van der Waals surface area contributed by atoms with Crippen molar-refractivity contribution in [2.45, 2.75) is 20.8 Å². The number of carbonyl (C=O) groups is 2. The third kappa shape index (κ3) is 3.36. The summed E-state index contributed by atoms with van der Waals surface area (Å²) in [5.41, 5.74) is 0.867. The third-order valence-corrected chi connectivity index (χ3v) is 3.06. The van der Waals surface area contributed by atoms with Gasteiger partial charge in [-0.25, -0.2) is 9.78 Å². The zero-order chi connectivity index (χ0) is 16.3. The summed E-state index contributed by atoms with van der Waals surface area (Å²) in [4.78, 5) is 27.1. The van der Waals surface area contributed by atoms with Gasteiger partial charge in [-0.2, -0.15) is 0 Å². The number of carboxylic acid groups (broad SMARTS) is 1. The van der Waals surface area contributed by atoms with Gasteiger partial charge in [0.25, 0.3) is 5.91 Å². The highest BCUT2D eigenvalue weighted by Gasteiger charge is 2.18. The van der Waals surface area contributed by atoms with E-state index >= 15 is 0 Å². The standard InChI is InChI=1S/C15H19N3O4/c1-9(2)7-16-12(19)8-22-11-5-4-6-18-13(15(20)21)10(3)17-14(11)18/h4-6,9H,7-8H2,1-3H3,(H,16,19)(H,20,21). The topological polar surface area (TPSA) is 92.9 Å². The van der Waals surface area contributed by atoms with Crippen LogP contribution < -0.4 is 10.1 Å². The van der Waals surface area contributed by atoms with Crippen LogP contribution in [0.4, 0.5) is 0 Å². The van der Waals surface area contributed by atoms with Crippen LogP contribution in [-0.2, 0) is 4.79 Å². The van der Waals surface area contributed by atoms with Gasteiger partial charge in [0.2, 0.25) is 0 Å². The lowest BCUT2D eigenvalue weighted by Gasteiger charge is -2.09. The number of imidazole rings is 1. The number of hydrogen-bond acceptors (Lipinski definition) is 4. The van der Waals surface area contributed by atoms with Crippen molar-refractivity contribution in [3.63, 3.8) is 0 Å².